The van der Waals surface area contributed by atoms with Crippen molar-refractivity contribution in [2.45, 2.75) is 25.3 Å². The molecule has 8 heteroatoms. The lowest BCUT2D eigenvalue weighted by molar-refractivity contribution is 0.102. The molecule has 0 radical (unpaired) electrons. The molecule has 0 aliphatic carbocycles. The molecule has 1 unspecified atom stereocenters. The molecule has 3 amide bonds. The van der Waals surface area contributed by atoms with Gasteiger partial charge in [-0.2, -0.15) is 0 Å². The number of benzene rings is 1. The lowest BCUT2D eigenvalue weighted by atomic mass is 10.0. The Morgan fingerprint density at radius 3 is 2.96 bits per heavy atom. The molecule has 2 fully saturated rings. The van der Waals surface area contributed by atoms with E-state index >= 15 is 0 Å². The molecule has 130 valence electrons. The standard InChI is InChI=1S/C17H17ClN4O2S/c18-13-7-11(20-16(23)14-9-25-10-19-14)4-5-15(13)22-8-12-3-1-2-6-21(12)17(22)24/h4-5,7,9-10,12H,1-3,6,8H2,(H,20,23). The SMILES string of the molecule is O=C(Nc1ccc(N2CC3CCCCN3C2=O)c(Cl)c1)c1cscn1. The van der Waals surface area contributed by atoms with Crippen LogP contribution in [-0.4, -0.2) is 41.0 Å². The first kappa shape index (κ1) is 16.4. The van der Waals surface area contributed by atoms with Crippen LogP contribution in [0.1, 0.15) is 29.8 Å². The van der Waals surface area contributed by atoms with E-state index in [1.807, 2.05) is 4.90 Å². The number of fused-ring (bicyclic) bond motifs is 1. The van der Waals surface area contributed by atoms with E-state index in [0.29, 0.717) is 28.6 Å². The van der Waals surface area contributed by atoms with Gasteiger partial charge in [-0.05, 0) is 37.5 Å². The number of rotatable bonds is 3. The fraction of sp³-hybridized carbons (Fsp3) is 0.353. The number of amides is 3. The van der Waals surface area contributed by atoms with Crippen LogP contribution in [0.5, 0.6) is 0 Å². The van der Waals surface area contributed by atoms with Crippen molar-refractivity contribution in [1.29, 1.82) is 0 Å². The highest BCUT2D eigenvalue weighted by Gasteiger charge is 2.39. The number of anilines is 2. The van der Waals surface area contributed by atoms with Crippen molar-refractivity contribution < 1.29 is 9.59 Å². The molecule has 1 atom stereocenters. The van der Waals surface area contributed by atoms with Crippen LogP contribution in [0.3, 0.4) is 0 Å². The van der Waals surface area contributed by atoms with E-state index < -0.39 is 0 Å². The zero-order valence-electron chi connectivity index (χ0n) is 13.4. The Hall–Kier alpha value is -2.12. The minimum Gasteiger partial charge on any atom is -0.321 e. The van der Waals surface area contributed by atoms with Crippen molar-refractivity contribution >= 4 is 46.3 Å². The number of halogens is 1. The number of nitrogens with zero attached hydrogens (tertiary/aromatic N) is 3. The van der Waals surface area contributed by atoms with Crippen LogP contribution < -0.4 is 10.2 Å². The van der Waals surface area contributed by atoms with Crippen molar-refractivity contribution in [3.63, 3.8) is 0 Å². The Kier molecular flexibility index (Phi) is 4.35. The highest BCUT2D eigenvalue weighted by Crippen LogP contribution is 2.35. The van der Waals surface area contributed by atoms with Gasteiger partial charge < -0.3 is 10.2 Å². The normalized spacial score (nSPS) is 19.9. The fourth-order valence-corrected chi connectivity index (χ4v) is 4.23. The van der Waals surface area contributed by atoms with Gasteiger partial charge in [0.15, 0.2) is 0 Å². The first-order valence-electron chi connectivity index (χ1n) is 8.21. The van der Waals surface area contributed by atoms with Gasteiger partial charge in [0, 0.05) is 24.2 Å². The van der Waals surface area contributed by atoms with Gasteiger partial charge in [-0.15, -0.1) is 11.3 Å². The molecular formula is C17H17ClN4O2S. The molecule has 0 spiro atoms. The summed E-state index contributed by atoms with van der Waals surface area (Å²) >= 11 is 7.77. The Bertz CT molecular complexity index is 811. The number of aromatic nitrogens is 1. The third-order valence-corrected chi connectivity index (χ3v) is 5.55. The van der Waals surface area contributed by atoms with Crippen LogP contribution in [0.15, 0.2) is 29.1 Å². The summed E-state index contributed by atoms with van der Waals surface area (Å²) in [6.45, 7) is 1.49. The molecule has 1 N–H and O–H groups in total. The summed E-state index contributed by atoms with van der Waals surface area (Å²) in [5, 5.41) is 4.90. The van der Waals surface area contributed by atoms with E-state index in [4.69, 9.17) is 11.6 Å². The maximum atomic E-state index is 12.6. The molecule has 2 aromatic rings. The molecule has 4 rings (SSSR count). The van der Waals surface area contributed by atoms with Crippen LogP contribution in [0.2, 0.25) is 5.02 Å². The molecule has 2 aliphatic heterocycles. The van der Waals surface area contributed by atoms with Gasteiger partial charge in [0.05, 0.1) is 22.3 Å². The van der Waals surface area contributed by atoms with E-state index in [-0.39, 0.29) is 18.0 Å². The van der Waals surface area contributed by atoms with E-state index in [2.05, 4.69) is 10.3 Å². The summed E-state index contributed by atoms with van der Waals surface area (Å²) in [6.07, 6.45) is 3.27. The molecular weight excluding hydrogens is 360 g/mol. The maximum absolute atomic E-state index is 12.6. The zero-order chi connectivity index (χ0) is 17.4. The molecule has 1 aromatic heterocycles. The number of nitrogens with one attached hydrogen (secondary N) is 1. The smallest absolute Gasteiger partial charge is 0.321 e. The van der Waals surface area contributed by atoms with Gasteiger partial charge in [-0.1, -0.05) is 11.6 Å². The third kappa shape index (κ3) is 3.09. The number of carbonyl (C=O) groups excluding carboxylic acids is 2. The summed E-state index contributed by atoms with van der Waals surface area (Å²) in [5.74, 6) is -0.278. The number of piperidine rings is 1. The first-order valence-corrected chi connectivity index (χ1v) is 9.53. The summed E-state index contributed by atoms with van der Waals surface area (Å²) in [5.41, 5.74) is 3.25. The number of carbonyl (C=O) groups is 2. The van der Waals surface area contributed by atoms with Crippen molar-refractivity contribution in [2.75, 3.05) is 23.3 Å². The average Bonchev–Trinajstić information content (AvgIpc) is 3.24. The first-order chi connectivity index (χ1) is 12.1. The van der Waals surface area contributed by atoms with Crippen LogP contribution >= 0.6 is 22.9 Å². The predicted octanol–water partition coefficient (Wildman–Crippen LogP) is 3.84. The van der Waals surface area contributed by atoms with Crippen LogP contribution in [0.4, 0.5) is 16.2 Å². The predicted molar refractivity (Wildman–Crippen MR) is 98.6 cm³/mol. The molecule has 6 nitrogen and oxygen atoms in total. The van der Waals surface area contributed by atoms with Gasteiger partial charge in [0.2, 0.25) is 0 Å². The van der Waals surface area contributed by atoms with Crippen molar-refractivity contribution in [1.82, 2.24) is 9.88 Å². The van der Waals surface area contributed by atoms with E-state index in [1.165, 1.54) is 11.3 Å². The van der Waals surface area contributed by atoms with Crippen LogP contribution in [0.25, 0.3) is 0 Å². The molecule has 0 saturated carbocycles. The van der Waals surface area contributed by atoms with Crippen LogP contribution in [0, 0.1) is 0 Å². The zero-order valence-corrected chi connectivity index (χ0v) is 15.0. The van der Waals surface area contributed by atoms with E-state index in [0.717, 1.165) is 25.8 Å². The Morgan fingerprint density at radius 1 is 1.36 bits per heavy atom. The number of hydrogen-bond donors (Lipinski definition) is 1. The molecule has 2 saturated heterocycles. The van der Waals surface area contributed by atoms with Gasteiger partial charge >= 0.3 is 6.03 Å². The monoisotopic (exact) mass is 376 g/mol. The molecule has 2 aliphatic rings. The van der Waals surface area contributed by atoms with Crippen molar-refractivity contribution in [3.05, 3.63) is 39.8 Å². The summed E-state index contributed by atoms with van der Waals surface area (Å²) in [7, 11) is 0. The van der Waals surface area contributed by atoms with E-state index in [1.54, 1.807) is 34.0 Å². The second-order valence-electron chi connectivity index (χ2n) is 6.23. The van der Waals surface area contributed by atoms with Gasteiger partial charge in [0.1, 0.15) is 5.69 Å². The molecule has 3 heterocycles. The third-order valence-electron chi connectivity index (χ3n) is 4.66. The minimum absolute atomic E-state index is 0.0193. The Labute approximate surface area is 154 Å². The van der Waals surface area contributed by atoms with Gasteiger partial charge in [-0.3, -0.25) is 9.69 Å². The highest BCUT2D eigenvalue weighted by atomic mass is 35.5. The second kappa shape index (κ2) is 6.65. The van der Waals surface area contributed by atoms with Gasteiger partial charge in [-0.25, -0.2) is 9.78 Å². The second-order valence-corrected chi connectivity index (χ2v) is 7.36. The molecule has 0 bridgehead atoms. The summed E-state index contributed by atoms with van der Waals surface area (Å²) in [6, 6.07) is 5.52. The number of thiazole rings is 1. The molecule has 25 heavy (non-hydrogen) atoms. The fourth-order valence-electron chi connectivity index (χ4n) is 3.41. The lowest BCUT2D eigenvalue weighted by Gasteiger charge is -2.27. The van der Waals surface area contributed by atoms with Crippen molar-refractivity contribution in [3.8, 4) is 0 Å². The topological polar surface area (TPSA) is 65.5 Å². The van der Waals surface area contributed by atoms with E-state index in [9.17, 15) is 9.59 Å². The largest absolute Gasteiger partial charge is 0.324 e. The van der Waals surface area contributed by atoms with Gasteiger partial charge in [0.25, 0.3) is 5.91 Å². The number of hydrogen-bond acceptors (Lipinski definition) is 4. The molecule has 1 aromatic carbocycles. The minimum atomic E-state index is -0.278. The van der Waals surface area contributed by atoms with Crippen LogP contribution in [-0.2, 0) is 0 Å². The number of urea groups is 1. The lowest BCUT2D eigenvalue weighted by Crippen LogP contribution is -2.38. The average molecular weight is 377 g/mol. The highest BCUT2D eigenvalue weighted by molar-refractivity contribution is 7.07. The maximum Gasteiger partial charge on any atom is 0.324 e. The van der Waals surface area contributed by atoms with Crippen molar-refractivity contribution in [2.24, 2.45) is 0 Å². The summed E-state index contributed by atoms with van der Waals surface area (Å²) < 4.78 is 0. The Balaban J connectivity index is 1.52. The Morgan fingerprint density at radius 2 is 2.24 bits per heavy atom. The quantitative estimate of drug-likeness (QED) is 0.884. The summed E-state index contributed by atoms with van der Waals surface area (Å²) in [4.78, 5) is 32.4.